The summed E-state index contributed by atoms with van der Waals surface area (Å²) in [6.45, 7) is 3.36. The fourth-order valence-corrected chi connectivity index (χ4v) is 4.70. The maximum Gasteiger partial charge on any atom is 0.263 e. The van der Waals surface area contributed by atoms with E-state index in [0.717, 1.165) is 48.1 Å². The van der Waals surface area contributed by atoms with E-state index in [9.17, 15) is 13.2 Å². The van der Waals surface area contributed by atoms with Crippen LogP contribution in [0.2, 0.25) is 5.02 Å². The minimum atomic E-state index is -3.60. The first-order chi connectivity index (χ1) is 14.8. The molecule has 1 N–H and O–H groups in total. The second-order valence-corrected chi connectivity index (χ2v) is 9.84. The first-order valence-electron chi connectivity index (χ1n) is 9.94. The van der Waals surface area contributed by atoms with Crippen LogP contribution in [0.15, 0.2) is 42.5 Å². The zero-order valence-corrected chi connectivity index (χ0v) is 18.7. The van der Waals surface area contributed by atoms with Crippen molar-refractivity contribution in [2.45, 2.75) is 12.6 Å². The van der Waals surface area contributed by atoms with Crippen LogP contribution in [-0.4, -0.2) is 59.5 Å². The lowest BCUT2D eigenvalue weighted by atomic mass is 10.1. The van der Waals surface area contributed by atoms with Crippen LogP contribution < -0.4 is 19.3 Å². The topological polar surface area (TPSA) is 88.2 Å². The van der Waals surface area contributed by atoms with Gasteiger partial charge in [0.25, 0.3) is 5.91 Å². The Balaban J connectivity index is 1.41. The third-order valence-corrected chi connectivity index (χ3v) is 6.64. The molecule has 2 aromatic rings. The summed E-state index contributed by atoms with van der Waals surface area (Å²) < 4.78 is 36.8. The molecule has 0 aliphatic carbocycles. The van der Waals surface area contributed by atoms with Crippen LogP contribution in [0.25, 0.3) is 0 Å². The van der Waals surface area contributed by atoms with Gasteiger partial charge in [0.15, 0.2) is 6.10 Å². The summed E-state index contributed by atoms with van der Waals surface area (Å²) in [6, 6.07) is 12.7. The summed E-state index contributed by atoms with van der Waals surface area (Å²) in [5.41, 5.74) is 2.39. The van der Waals surface area contributed by atoms with Gasteiger partial charge in [-0.15, -0.1) is 0 Å². The van der Waals surface area contributed by atoms with Gasteiger partial charge in [-0.2, -0.15) is 0 Å². The van der Waals surface area contributed by atoms with Gasteiger partial charge in [0, 0.05) is 30.3 Å². The van der Waals surface area contributed by atoms with Crippen LogP contribution in [-0.2, 0) is 26.1 Å². The largest absolute Gasteiger partial charge is 0.476 e. The Kier molecular flexibility index (Phi) is 6.27. The number of hydrogen-bond donors (Lipinski definition) is 1. The van der Waals surface area contributed by atoms with Crippen molar-refractivity contribution in [3.05, 3.63) is 53.1 Å². The summed E-state index contributed by atoms with van der Waals surface area (Å²) >= 11 is 6.00. The Morgan fingerprint density at radius 2 is 1.87 bits per heavy atom. The van der Waals surface area contributed by atoms with Gasteiger partial charge in [-0.1, -0.05) is 23.7 Å². The lowest BCUT2D eigenvalue weighted by Crippen LogP contribution is -2.50. The molecule has 0 radical (unpaired) electrons. The number of carbonyl (C=O) groups excluding carboxylic acids is 1. The van der Waals surface area contributed by atoms with Crippen molar-refractivity contribution in [3.8, 4) is 5.75 Å². The van der Waals surface area contributed by atoms with E-state index < -0.39 is 16.1 Å². The summed E-state index contributed by atoms with van der Waals surface area (Å²) in [6.07, 6.45) is 0.129. The van der Waals surface area contributed by atoms with E-state index in [1.165, 1.54) is 6.07 Å². The van der Waals surface area contributed by atoms with Crippen LogP contribution >= 0.6 is 11.6 Å². The van der Waals surface area contributed by atoms with E-state index in [1.807, 2.05) is 24.3 Å². The Hall–Kier alpha value is -2.49. The second-order valence-electron chi connectivity index (χ2n) is 7.50. The van der Waals surface area contributed by atoms with Gasteiger partial charge in [0.1, 0.15) is 5.75 Å². The number of nitrogens with one attached hydrogen (secondary N) is 1. The average molecular weight is 466 g/mol. The number of anilines is 2. The SMILES string of the molecule is CS(=O)(=O)N1CC(C(=O)NCc2ccc(N3CCOCC3)cc2)Oc2ccc(Cl)cc21. The molecule has 0 saturated carbocycles. The van der Waals surface area contributed by atoms with Gasteiger partial charge < -0.3 is 19.7 Å². The smallest absolute Gasteiger partial charge is 0.263 e. The number of amides is 1. The first kappa shape index (κ1) is 21.7. The molecule has 0 aromatic heterocycles. The summed E-state index contributed by atoms with van der Waals surface area (Å²) in [4.78, 5) is 15.0. The van der Waals surface area contributed by atoms with Crippen molar-refractivity contribution in [1.82, 2.24) is 5.32 Å². The van der Waals surface area contributed by atoms with Gasteiger partial charge in [-0.3, -0.25) is 9.10 Å². The van der Waals surface area contributed by atoms with Crippen molar-refractivity contribution in [2.75, 3.05) is 48.3 Å². The van der Waals surface area contributed by atoms with Crippen molar-refractivity contribution in [3.63, 3.8) is 0 Å². The lowest BCUT2D eigenvalue weighted by Gasteiger charge is -2.34. The number of carbonyl (C=O) groups is 1. The fraction of sp³-hybridized carbons (Fsp3) is 0.381. The average Bonchev–Trinajstić information content (AvgIpc) is 2.77. The Morgan fingerprint density at radius 1 is 1.16 bits per heavy atom. The predicted molar refractivity (Wildman–Crippen MR) is 119 cm³/mol. The molecule has 1 saturated heterocycles. The Morgan fingerprint density at radius 3 is 2.55 bits per heavy atom. The molecule has 0 bridgehead atoms. The molecule has 2 heterocycles. The van der Waals surface area contributed by atoms with E-state index in [1.54, 1.807) is 12.1 Å². The molecule has 4 rings (SSSR count). The van der Waals surface area contributed by atoms with Crippen molar-refractivity contribution < 1.29 is 22.7 Å². The van der Waals surface area contributed by atoms with Crippen LogP contribution in [0.3, 0.4) is 0 Å². The molecule has 8 nitrogen and oxygen atoms in total. The third kappa shape index (κ3) is 5.06. The molecule has 1 unspecified atom stereocenters. The van der Waals surface area contributed by atoms with Crippen molar-refractivity contribution in [2.24, 2.45) is 0 Å². The monoisotopic (exact) mass is 465 g/mol. The second kappa shape index (κ2) is 8.94. The molecular formula is C21H24ClN3O5S. The highest BCUT2D eigenvalue weighted by molar-refractivity contribution is 7.92. The fourth-order valence-electron chi connectivity index (χ4n) is 3.62. The van der Waals surface area contributed by atoms with E-state index in [0.29, 0.717) is 23.0 Å². The number of nitrogens with zero attached hydrogens (tertiary/aromatic N) is 2. The number of hydrogen-bond acceptors (Lipinski definition) is 6. The third-order valence-electron chi connectivity index (χ3n) is 5.26. The van der Waals surface area contributed by atoms with Gasteiger partial charge in [-0.25, -0.2) is 8.42 Å². The number of halogens is 1. The van der Waals surface area contributed by atoms with E-state index in [-0.39, 0.29) is 12.5 Å². The van der Waals surface area contributed by atoms with Crippen molar-refractivity contribution >= 4 is 38.9 Å². The molecule has 166 valence electrons. The van der Waals surface area contributed by atoms with Crippen LogP contribution in [0.1, 0.15) is 5.56 Å². The maximum atomic E-state index is 12.7. The number of rotatable bonds is 5. The Labute approximate surface area is 186 Å². The predicted octanol–water partition coefficient (Wildman–Crippen LogP) is 2.02. The van der Waals surface area contributed by atoms with Crippen molar-refractivity contribution in [1.29, 1.82) is 0 Å². The lowest BCUT2D eigenvalue weighted by molar-refractivity contribution is -0.127. The zero-order valence-electron chi connectivity index (χ0n) is 17.1. The number of morpholine rings is 1. The standard InChI is InChI=1S/C21H24ClN3O5S/c1-31(27,28)25-14-20(30-19-7-4-16(22)12-18(19)25)21(26)23-13-15-2-5-17(6-3-15)24-8-10-29-11-9-24/h2-7,12,20H,8-11,13-14H2,1H3,(H,23,26). The maximum absolute atomic E-state index is 12.7. The molecule has 31 heavy (non-hydrogen) atoms. The van der Waals surface area contributed by atoms with E-state index in [4.69, 9.17) is 21.1 Å². The number of fused-ring (bicyclic) bond motifs is 1. The number of sulfonamides is 1. The number of benzene rings is 2. The van der Waals surface area contributed by atoms with Gasteiger partial charge >= 0.3 is 0 Å². The van der Waals surface area contributed by atoms with Crippen LogP contribution in [0.4, 0.5) is 11.4 Å². The van der Waals surface area contributed by atoms with Gasteiger partial charge in [0.05, 0.1) is 31.7 Å². The molecular weight excluding hydrogens is 442 g/mol. The molecule has 2 aliphatic rings. The molecule has 0 spiro atoms. The molecule has 1 atom stereocenters. The van der Waals surface area contributed by atoms with Gasteiger partial charge in [-0.05, 0) is 35.9 Å². The zero-order chi connectivity index (χ0) is 22.0. The molecule has 2 aromatic carbocycles. The molecule has 1 amide bonds. The van der Waals surface area contributed by atoms with E-state index in [2.05, 4.69) is 10.2 Å². The van der Waals surface area contributed by atoms with Crippen LogP contribution in [0.5, 0.6) is 5.75 Å². The highest BCUT2D eigenvalue weighted by Crippen LogP contribution is 2.37. The van der Waals surface area contributed by atoms with Crippen LogP contribution in [0, 0.1) is 0 Å². The normalized spacial score (nSPS) is 18.8. The molecule has 2 aliphatic heterocycles. The molecule has 10 heteroatoms. The highest BCUT2D eigenvalue weighted by Gasteiger charge is 2.35. The molecule has 1 fully saturated rings. The summed E-state index contributed by atoms with van der Waals surface area (Å²) in [5.74, 6) is -0.0809. The number of ether oxygens (including phenoxy) is 2. The quantitative estimate of drug-likeness (QED) is 0.726. The Bertz CT molecular complexity index is 1060. The summed E-state index contributed by atoms with van der Waals surface area (Å²) in [5, 5.41) is 3.23. The van der Waals surface area contributed by atoms with E-state index >= 15 is 0 Å². The highest BCUT2D eigenvalue weighted by atomic mass is 35.5. The minimum absolute atomic E-state index is 0.117. The van der Waals surface area contributed by atoms with Gasteiger partial charge in [0.2, 0.25) is 10.0 Å². The first-order valence-corrected chi connectivity index (χ1v) is 12.2. The minimum Gasteiger partial charge on any atom is -0.476 e. The summed E-state index contributed by atoms with van der Waals surface area (Å²) in [7, 11) is -3.60.